The number of esters is 1. The summed E-state index contributed by atoms with van der Waals surface area (Å²) in [6.45, 7) is 2.66. The fourth-order valence-electron chi connectivity index (χ4n) is 2.02. The highest BCUT2D eigenvalue weighted by Gasteiger charge is 2.11. The molecule has 0 amide bonds. The van der Waals surface area contributed by atoms with Crippen LogP contribution >= 0.6 is 0 Å². The van der Waals surface area contributed by atoms with Crippen LogP contribution < -0.4 is 0 Å². The maximum atomic E-state index is 11.9. The van der Waals surface area contributed by atoms with Crippen molar-refractivity contribution in [2.45, 2.75) is 45.4 Å². The van der Waals surface area contributed by atoms with E-state index in [1.165, 1.54) is 32.8 Å². The second kappa shape index (κ2) is 12.9. The molecule has 4 nitrogen and oxygen atoms in total. The monoisotopic (exact) mass is 308 g/mol. The summed E-state index contributed by atoms with van der Waals surface area (Å²) in [5.41, 5.74) is 0.922. The summed E-state index contributed by atoms with van der Waals surface area (Å²) in [7, 11) is 1.49. The number of unbranched alkanes of at least 4 members (excludes halogenated alkanes) is 5. The molecule has 22 heavy (non-hydrogen) atoms. The van der Waals surface area contributed by atoms with E-state index in [0.717, 1.165) is 18.4 Å². The summed E-state index contributed by atoms with van der Waals surface area (Å²) in [4.78, 5) is 11.9. The molecule has 1 aromatic rings. The Kier molecular flexibility index (Phi) is 11.8. The van der Waals surface area contributed by atoms with Crippen molar-refractivity contribution in [1.82, 2.24) is 0 Å². The highest BCUT2D eigenvalue weighted by Crippen LogP contribution is 2.10. The molecule has 0 aliphatic rings. The average molecular weight is 308 g/mol. The fraction of sp³-hybridized carbons (Fsp3) is 0.500. The molecule has 1 rings (SSSR count). The van der Waals surface area contributed by atoms with Crippen LogP contribution in [0.2, 0.25) is 0 Å². The van der Waals surface area contributed by atoms with Crippen LogP contribution in [-0.4, -0.2) is 25.2 Å². The number of hydrogen-bond donors (Lipinski definition) is 0. The SMILES string of the molecule is CCCCCCCCOC(=O)C(=Cc1ccccc1)OC.O. The Morgan fingerprint density at radius 1 is 1.05 bits per heavy atom. The summed E-state index contributed by atoms with van der Waals surface area (Å²) in [5.74, 6) is -0.151. The van der Waals surface area contributed by atoms with Gasteiger partial charge < -0.3 is 14.9 Å². The number of rotatable bonds is 10. The van der Waals surface area contributed by atoms with Crippen molar-refractivity contribution in [2.75, 3.05) is 13.7 Å². The molecule has 0 bridgehead atoms. The first kappa shape index (κ1) is 20.2. The van der Waals surface area contributed by atoms with E-state index in [1.807, 2.05) is 30.3 Å². The third kappa shape index (κ3) is 8.47. The quantitative estimate of drug-likeness (QED) is 0.286. The van der Waals surface area contributed by atoms with Gasteiger partial charge in [0.2, 0.25) is 5.76 Å². The van der Waals surface area contributed by atoms with Crippen molar-refractivity contribution in [3.63, 3.8) is 0 Å². The minimum atomic E-state index is -0.394. The lowest BCUT2D eigenvalue weighted by Gasteiger charge is -2.07. The molecule has 0 atom stereocenters. The molecule has 0 heterocycles. The number of carbonyl (C=O) groups excluding carboxylic acids is 1. The van der Waals surface area contributed by atoms with Gasteiger partial charge in [0, 0.05) is 0 Å². The van der Waals surface area contributed by atoms with Crippen molar-refractivity contribution in [1.29, 1.82) is 0 Å². The highest BCUT2D eigenvalue weighted by atomic mass is 16.6. The van der Waals surface area contributed by atoms with Gasteiger partial charge in [0.05, 0.1) is 13.7 Å². The molecule has 124 valence electrons. The molecular weight excluding hydrogens is 280 g/mol. The first-order valence-electron chi connectivity index (χ1n) is 7.75. The van der Waals surface area contributed by atoms with Crippen LogP contribution in [0.1, 0.15) is 51.0 Å². The molecule has 0 aliphatic heterocycles. The maximum Gasteiger partial charge on any atom is 0.373 e. The Hall–Kier alpha value is -1.81. The minimum Gasteiger partial charge on any atom is -0.490 e. The van der Waals surface area contributed by atoms with Gasteiger partial charge in [-0.3, -0.25) is 0 Å². The summed E-state index contributed by atoms with van der Waals surface area (Å²) < 4.78 is 10.4. The summed E-state index contributed by atoms with van der Waals surface area (Å²) in [6, 6.07) is 9.60. The Labute approximate surface area is 133 Å². The Bertz CT molecular complexity index is 426. The molecule has 0 radical (unpaired) electrons. The molecule has 0 aliphatic carbocycles. The second-order valence-corrected chi connectivity index (χ2v) is 5.03. The van der Waals surface area contributed by atoms with Crippen molar-refractivity contribution in [2.24, 2.45) is 0 Å². The summed E-state index contributed by atoms with van der Waals surface area (Å²) >= 11 is 0. The van der Waals surface area contributed by atoms with Gasteiger partial charge in [0.25, 0.3) is 0 Å². The number of benzene rings is 1. The second-order valence-electron chi connectivity index (χ2n) is 5.03. The lowest BCUT2D eigenvalue weighted by Crippen LogP contribution is -2.10. The predicted molar refractivity (Wildman–Crippen MR) is 89.4 cm³/mol. The van der Waals surface area contributed by atoms with E-state index in [-0.39, 0.29) is 11.2 Å². The van der Waals surface area contributed by atoms with Crippen LogP contribution in [0.25, 0.3) is 6.08 Å². The molecule has 0 saturated heterocycles. The van der Waals surface area contributed by atoms with Crippen molar-refractivity contribution in [3.05, 3.63) is 41.7 Å². The van der Waals surface area contributed by atoms with Gasteiger partial charge in [-0.2, -0.15) is 0 Å². The first-order chi connectivity index (χ1) is 10.3. The summed E-state index contributed by atoms with van der Waals surface area (Å²) in [6.07, 6.45) is 8.73. The standard InChI is InChI=1S/C18H26O3.H2O/c1-3-4-5-6-7-11-14-21-18(19)17(20-2)15-16-12-9-8-10-13-16;/h8-10,12-13,15H,3-7,11,14H2,1-2H3;1H2. The average Bonchev–Trinajstić information content (AvgIpc) is 2.52. The van der Waals surface area contributed by atoms with Gasteiger partial charge in [-0.05, 0) is 18.1 Å². The van der Waals surface area contributed by atoms with Gasteiger partial charge in [-0.1, -0.05) is 69.4 Å². The molecule has 0 aromatic heterocycles. The third-order valence-corrected chi connectivity index (χ3v) is 3.25. The molecule has 0 unspecified atom stereocenters. The van der Waals surface area contributed by atoms with Gasteiger partial charge in [-0.15, -0.1) is 0 Å². The van der Waals surface area contributed by atoms with Crippen LogP contribution in [-0.2, 0) is 14.3 Å². The fourth-order valence-corrected chi connectivity index (χ4v) is 2.02. The molecule has 0 saturated carbocycles. The largest absolute Gasteiger partial charge is 0.490 e. The van der Waals surface area contributed by atoms with E-state index < -0.39 is 5.97 Å². The van der Waals surface area contributed by atoms with Crippen LogP contribution in [0.15, 0.2) is 36.1 Å². The third-order valence-electron chi connectivity index (χ3n) is 3.25. The Balaban J connectivity index is 0.00000441. The van der Waals surface area contributed by atoms with Crippen molar-refractivity contribution in [3.8, 4) is 0 Å². The van der Waals surface area contributed by atoms with Crippen molar-refractivity contribution < 1.29 is 19.7 Å². The van der Waals surface area contributed by atoms with E-state index in [1.54, 1.807) is 6.08 Å². The normalized spacial score (nSPS) is 10.7. The molecular formula is C18H28O4. The molecule has 1 aromatic carbocycles. The van der Waals surface area contributed by atoms with Crippen LogP contribution in [0.3, 0.4) is 0 Å². The van der Waals surface area contributed by atoms with Gasteiger partial charge in [-0.25, -0.2) is 4.79 Å². The summed E-state index contributed by atoms with van der Waals surface area (Å²) in [5, 5.41) is 0. The number of carbonyl (C=O) groups is 1. The van der Waals surface area contributed by atoms with E-state index >= 15 is 0 Å². The zero-order chi connectivity index (χ0) is 15.3. The Morgan fingerprint density at radius 3 is 2.32 bits per heavy atom. The van der Waals surface area contributed by atoms with Crippen LogP contribution in [0, 0.1) is 0 Å². The van der Waals surface area contributed by atoms with E-state index in [2.05, 4.69) is 6.92 Å². The van der Waals surface area contributed by atoms with Crippen LogP contribution in [0.5, 0.6) is 0 Å². The predicted octanol–water partition coefficient (Wildman–Crippen LogP) is 3.75. The Morgan fingerprint density at radius 2 is 1.68 bits per heavy atom. The minimum absolute atomic E-state index is 0. The lowest BCUT2D eigenvalue weighted by atomic mass is 10.1. The zero-order valence-corrected chi connectivity index (χ0v) is 13.6. The zero-order valence-electron chi connectivity index (χ0n) is 13.6. The van der Waals surface area contributed by atoms with Gasteiger partial charge >= 0.3 is 5.97 Å². The molecule has 0 fully saturated rings. The van der Waals surface area contributed by atoms with Crippen molar-refractivity contribution >= 4 is 12.0 Å². The number of hydrogen-bond acceptors (Lipinski definition) is 3. The molecule has 2 N–H and O–H groups in total. The van der Waals surface area contributed by atoms with E-state index in [0.29, 0.717) is 6.61 Å². The number of ether oxygens (including phenoxy) is 2. The molecule has 0 spiro atoms. The maximum absolute atomic E-state index is 11.9. The van der Waals surface area contributed by atoms with E-state index in [9.17, 15) is 4.79 Å². The highest BCUT2D eigenvalue weighted by molar-refractivity contribution is 5.91. The van der Waals surface area contributed by atoms with Gasteiger partial charge in [0.15, 0.2) is 0 Å². The van der Waals surface area contributed by atoms with Gasteiger partial charge in [0.1, 0.15) is 0 Å². The van der Waals surface area contributed by atoms with Crippen LogP contribution in [0.4, 0.5) is 0 Å². The topological polar surface area (TPSA) is 67.0 Å². The lowest BCUT2D eigenvalue weighted by molar-refractivity contribution is -0.142. The number of methoxy groups -OCH3 is 1. The van der Waals surface area contributed by atoms with E-state index in [4.69, 9.17) is 9.47 Å². The smallest absolute Gasteiger partial charge is 0.373 e. The first-order valence-corrected chi connectivity index (χ1v) is 7.75. The molecule has 4 heteroatoms.